The van der Waals surface area contributed by atoms with Crippen molar-refractivity contribution in [1.82, 2.24) is 9.97 Å². The summed E-state index contributed by atoms with van der Waals surface area (Å²) in [5.74, 6) is 0.702. The number of halogens is 2. The average Bonchev–Trinajstić information content (AvgIpc) is 2.25. The predicted molar refractivity (Wildman–Crippen MR) is 68.7 cm³/mol. The van der Waals surface area contributed by atoms with Gasteiger partial charge in [-0.05, 0) is 56.5 Å². The van der Waals surface area contributed by atoms with Gasteiger partial charge in [-0.25, -0.2) is 9.97 Å². The summed E-state index contributed by atoms with van der Waals surface area (Å²) >= 11 is 6.69. The van der Waals surface area contributed by atoms with Gasteiger partial charge in [0.15, 0.2) is 0 Å². The molecule has 0 atom stereocenters. The van der Waals surface area contributed by atoms with Crippen LogP contribution >= 0.6 is 31.9 Å². The molecule has 0 spiro atoms. The van der Waals surface area contributed by atoms with Crippen molar-refractivity contribution in [1.29, 1.82) is 0 Å². The molecule has 0 saturated carbocycles. The molecule has 0 aliphatic heterocycles. The lowest BCUT2D eigenvalue weighted by molar-refractivity contribution is 0.438. The van der Waals surface area contributed by atoms with Gasteiger partial charge in [-0.15, -0.1) is 0 Å². The van der Waals surface area contributed by atoms with Crippen LogP contribution < -0.4 is 4.74 Å². The van der Waals surface area contributed by atoms with E-state index in [-0.39, 0.29) is 0 Å². The number of benzene rings is 1. The summed E-state index contributed by atoms with van der Waals surface area (Å²) in [5, 5.41) is 0. The Morgan fingerprint density at radius 1 is 1.12 bits per heavy atom. The average molecular weight is 344 g/mol. The summed E-state index contributed by atoms with van der Waals surface area (Å²) in [6, 6.07) is 6.16. The molecule has 5 heteroatoms. The minimum Gasteiger partial charge on any atom is -0.423 e. The van der Waals surface area contributed by atoms with Gasteiger partial charge in [-0.1, -0.05) is 6.07 Å². The highest BCUT2D eigenvalue weighted by Crippen LogP contribution is 2.28. The number of nitrogens with zero attached hydrogens (tertiary/aromatic N) is 2. The van der Waals surface area contributed by atoms with Crippen LogP contribution in [0.3, 0.4) is 0 Å². The number of aryl methyl sites for hydroxylation is 1. The lowest BCUT2D eigenvalue weighted by Crippen LogP contribution is -1.91. The zero-order valence-electron chi connectivity index (χ0n) is 8.45. The van der Waals surface area contributed by atoms with E-state index in [1.54, 1.807) is 12.4 Å². The second-order valence-corrected chi connectivity index (χ2v) is 4.99. The maximum absolute atomic E-state index is 5.53. The third-order valence-corrected chi connectivity index (χ3v) is 2.91. The molecule has 1 aromatic heterocycles. The third-order valence-electron chi connectivity index (χ3n) is 1.89. The summed E-state index contributed by atoms with van der Waals surface area (Å²) < 4.78 is 7.24. The Hall–Kier alpha value is -0.940. The van der Waals surface area contributed by atoms with Crippen molar-refractivity contribution >= 4 is 31.9 Å². The van der Waals surface area contributed by atoms with Crippen molar-refractivity contribution < 1.29 is 4.74 Å². The fourth-order valence-electron chi connectivity index (χ4n) is 1.14. The molecule has 1 aromatic carbocycles. The molecule has 16 heavy (non-hydrogen) atoms. The Morgan fingerprint density at radius 3 is 2.44 bits per heavy atom. The van der Waals surface area contributed by atoms with E-state index in [1.807, 2.05) is 25.1 Å². The van der Waals surface area contributed by atoms with Gasteiger partial charge in [0.1, 0.15) is 5.75 Å². The van der Waals surface area contributed by atoms with E-state index in [2.05, 4.69) is 41.8 Å². The van der Waals surface area contributed by atoms with Crippen LogP contribution in [0.5, 0.6) is 11.8 Å². The van der Waals surface area contributed by atoms with Gasteiger partial charge in [-0.2, -0.15) is 0 Å². The normalized spacial score (nSPS) is 10.2. The highest BCUT2D eigenvalue weighted by Gasteiger charge is 2.04. The van der Waals surface area contributed by atoms with Crippen LogP contribution in [0.15, 0.2) is 39.5 Å². The molecule has 0 aliphatic carbocycles. The van der Waals surface area contributed by atoms with Gasteiger partial charge in [0.2, 0.25) is 0 Å². The van der Waals surface area contributed by atoms with E-state index < -0.39 is 0 Å². The van der Waals surface area contributed by atoms with Gasteiger partial charge < -0.3 is 4.74 Å². The minimum absolute atomic E-state index is 0.327. The van der Waals surface area contributed by atoms with E-state index in [0.29, 0.717) is 11.8 Å². The van der Waals surface area contributed by atoms with Crippen molar-refractivity contribution in [2.24, 2.45) is 0 Å². The molecule has 0 bridgehead atoms. The number of rotatable bonds is 2. The summed E-state index contributed by atoms with van der Waals surface area (Å²) in [4.78, 5) is 8.07. The van der Waals surface area contributed by atoms with Crippen LogP contribution in [-0.2, 0) is 0 Å². The fourth-order valence-corrected chi connectivity index (χ4v) is 1.92. The first kappa shape index (κ1) is 11.5. The van der Waals surface area contributed by atoms with Gasteiger partial charge in [0.25, 0.3) is 0 Å². The van der Waals surface area contributed by atoms with Crippen LogP contribution in [0, 0.1) is 6.92 Å². The number of ether oxygens (including phenoxy) is 1. The maximum atomic E-state index is 5.53. The molecule has 0 aliphatic rings. The first-order chi connectivity index (χ1) is 7.65. The molecular weight excluding hydrogens is 336 g/mol. The largest absolute Gasteiger partial charge is 0.423 e. The van der Waals surface area contributed by atoms with Crippen LogP contribution in [0.2, 0.25) is 0 Å². The SMILES string of the molecule is Cc1ccc(Oc2ncc(Br)cn2)c(Br)c1. The third kappa shape index (κ3) is 2.80. The van der Waals surface area contributed by atoms with Crippen LogP contribution in [-0.4, -0.2) is 9.97 Å². The van der Waals surface area contributed by atoms with Crippen LogP contribution in [0.4, 0.5) is 0 Å². The molecule has 2 aromatic rings. The van der Waals surface area contributed by atoms with Gasteiger partial charge >= 0.3 is 6.01 Å². The maximum Gasteiger partial charge on any atom is 0.321 e. The number of hydrogen-bond acceptors (Lipinski definition) is 3. The van der Waals surface area contributed by atoms with Crippen LogP contribution in [0.1, 0.15) is 5.56 Å². The zero-order chi connectivity index (χ0) is 11.5. The topological polar surface area (TPSA) is 35.0 Å². The molecule has 0 unspecified atom stereocenters. The zero-order valence-corrected chi connectivity index (χ0v) is 11.6. The summed E-state index contributed by atoms with van der Waals surface area (Å²) in [7, 11) is 0. The molecule has 82 valence electrons. The molecule has 0 fully saturated rings. The van der Waals surface area contributed by atoms with Crippen molar-refractivity contribution in [3.63, 3.8) is 0 Å². The summed E-state index contributed by atoms with van der Waals surface area (Å²) in [5.41, 5.74) is 1.16. The van der Waals surface area contributed by atoms with E-state index in [0.717, 1.165) is 14.5 Å². The van der Waals surface area contributed by atoms with Crippen molar-refractivity contribution in [2.75, 3.05) is 0 Å². The molecule has 1 heterocycles. The first-order valence-electron chi connectivity index (χ1n) is 4.57. The minimum atomic E-state index is 0.327. The summed E-state index contributed by atoms with van der Waals surface area (Å²) in [6.07, 6.45) is 3.29. The Bertz CT molecular complexity index is 500. The smallest absolute Gasteiger partial charge is 0.321 e. The molecule has 0 N–H and O–H groups in total. The van der Waals surface area contributed by atoms with Crippen molar-refractivity contribution in [3.05, 3.63) is 45.1 Å². The molecule has 0 amide bonds. The Morgan fingerprint density at radius 2 is 1.81 bits per heavy atom. The number of aromatic nitrogens is 2. The molecule has 2 rings (SSSR count). The molecule has 0 saturated heterocycles. The monoisotopic (exact) mass is 342 g/mol. The Kier molecular flexibility index (Phi) is 3.56. The van der Waals surface area contributed by atoms with Crippen molar-refractivity contribution in [2.45, 2.75) is 6.92 Å². The van der Waals surface area contributed by atoms with Crippen LogP contribution in [0.25, 0.3) is 0 Å². The predicted octanol–water partition coefficient (Wildman–Crippen LogP) is 4.10. The van der Waals surface area contributed by atoms with E-state index in [1.165, 1.54) is 0 Å². The van der Waals surface area contributed by atoms with Gasteiger partial charge in [0, 0.05) is 12.4 Å². The quantitative estimate of drug-likeness (QED) is 0.823. The molecule has 0 radical (unpaired) electrons. The summed E-state index contributed by atoms with van der Waals surface area (Å²) in [6.45, 7) is 2.02. The number of hydrogen-bond donors (Lipinski definition) is 0. The van der Waals surface area contributed by atoms with Gasteiger partial charge in [0.05, 0.1) is 8.95 Å². The Labute approximate surface area is 110 Å². The van der Waals surface area contributed by atoms with Crippen molar-refractivity contribution in [3.8, 4) is 11.8 Å². The van der Waals surface area contributed by atoms with E-state index in [9.17, 15) is 0 Å². The lowest BCUT2D eigenvalue weighted by atomic mass is 10.2. The second-order valence-electron chi connectivity index (χ2n) is 3.22. The first-order valence-corrected chi connectivity index (χ1v) is 6.15. The molecular formula is C11H8Br2N2O. The lowest BCUT2D eigenvalue weighted by Gasteiger charge is -2.06. The second kappa shape index (κ2) is 4.93. The van der Waals surface area contributed by atoms with E-state index in [4.69, 9.17) is 4.74 Å². The highest BCUT2D eigenvalue weighted by atomic mass is 79.9. The fraction of sp³-hybridized carbons (Fsp3) is 0.0909. The standard InChI is InChI=1S/C11H8Br2N2O/c1-7-2-3-10(9(13)4-7)16-11-14-5-8(12)6-15-11/h2-6H,1H3. The Balaban J connectivity index is 2.23. The highest BCUT2D eigenvalue weighted by molar-refractivity contribution is 9.10. The van der Waals surface area contributed by atoms with E-state index >= 15 is 0 Å². The van der Waals surface area contributed by atoms with Gasteiger partial charge in [-0.3, -0.25) is 0 Å². The molecule has 3 nitrogen and oxygen atoms in total.